The van der Waals surface area contributed by atoms with Crippen molar-refractivity contribution in [2.75, 3.05) is 13.2 Å². The molecule has 2 N–H and O–H groups in total. The monoisotopic (exact) mass is 173 g/mol. The van der Waals surface area contributed by atoms with E-state index < -0.39 is 18.3 Å². The second-order valence-electron chi connectivity index (χ2n) is 2.67. The number of azide groups is 1. The molecule has 6 heteroatoms. The van der Waals surface area contributed by atoms with Crippen LogP contribution in [-0.2, 0) is 4.74 Å². The molecule has 1 rings (SSSR count). The Kier molecular flexibility index (Phi) is 3.31. The molecule has 0 amide bonds. The average Bonchev–Trinajstić information content (AvgIpc) is 2.08. The van der Waals surface area contributed by atoms with E-state index >= 15 is 0 Å². The molecule has 6 nitrogen and oxygen atoms in total. The summed E-state index contributed by atoms with van der Waals surface area (Å²) in [5.41, 5.74) is 8.01. The highest BCUT2D eigenvalue weighted by molar-refractivity contribution is 4.82. The van der Waals surface area contributed by atoms with E-state index in [4.69, 9.17) is 10.3 Å². The lowest BCUT2D eigenvalue weighted by Gasteiger charge is -2.30. The molecular weight excluding hydrogens is 162 g/mol. The predicted molar refractivity (Wildman–Crippen MR) is 40.4 cm³/mol. The third kappa shape index (κ3) is 2.09. The summed E-state index contributed by atoms with van der Waals surface area (Å²) in [7, 11) is 0. The van der Waals surface area contributed by atoms with Gasteiger partial charge in [0.2, 0.25) is 0 Å². The summed E-state index contributed by atoms with van der Waals surface area (Å²) in [4.78, 5) is 2.54. The van der Waals surface area contributed by atoms with Crippen molar-refractivity contribution in [3.8, 4) is 0 Å². The fourth-order valence-corrected chi connectivity index (χ4v) is 1.13. The van der Waals surface area contributed by atoms with Gasteiger partial charge >= 0.3 is 0 Å². The lowest BCUT2D eigenvalue weighted by Crippen LogP contribution is -2.45. The molecule has 1 saturated heterocycles. The summed E-state index contributed by atoms with van der Waals surface area (Å²) in [5.74, 6) is 0. The van der Waals surface area contributed by atoms with Crippen LogP contribution in [0.5, 0.6) is 0 Å². The highest BCUT2D eigenvalue weighted by atomic mass is 16.5. The van der Waals surface area contributed by atoms with Crippen molar-refractivity contribution in [2.45, 2.75) is 24.7 Å². The highest BCUT2D eigenvalue weighted by Crippen LogP contribution is 2.14. The van der Waals surface area contributed by atoms with E-state index in [9.17, 15) is 10.2 Å². The van der Waals surface area contributed by atoms with Gasteiger partial charge in [0.1, 0.15) is 6.10 Å². The lowest BCUT2D eigenvalue weighted by atomic mass is 10.0. The van der Waals surface area contributed by atoms with Gasteiger partial charge in [0.15, 0.2) is 0 Å². The Balaban J connectivity index is 2.45. The van der Waals surface area contributed by atoms with Gasteiger partial charge in [0.25, 0.3) is 0 Å². The summed E-state index contributed by atoms with van der Waals surface area (Å²) in [6.45, 7) is 0.457. The number of aliphatic hydroxyl groups is 2. The maximum Gasteiger partial charge on any atom is 0.106 e. The minimum absolute atomic E-state index is 0.0642. The smallest absolute Gasteiger partial charge is 0.106 e. The van der Waals surface area contributed by atoms with Gasteiger partial charge < -0.3 is 14.9 Å². The predicted octanol–water partition coefficient (Wildman–Crippen LogP) is -0.193. The molecule has 0 aromatic carbocycles. The quantitative estimate of drug-likeness (QED) is 0.344. The molecule has 3 atom stereocenters. The fourth-order valence-electron chi connectivity index (χ4n) is 1.13. The number of hydrogen-bond donors (Lipinski definition) is 2. The van der Waals surface area contributed by atoms with E-state index in [2.05, 4.69) is 10.0 Å². The molecule has 0 radical (unpaired) electrons. The molecule has 68 valence electrons. The van der Waals surface area contributed by atoms with Crippen LogP contribution in [0.15, 0.2) is 5.11 Å². The first-order valence-corrected chi connectivity index (χ1v) is 3.74. The van der Waals surface area contributed by atoms with Gasteiger partial charge in [-0.05, 0) is 12.0 Å². The first-order chi connectivity index (χ1) is 5.75. The number of hydrogen-bond acceptors (Lipinski definition) is 4. The van der Waals surface area contributed by atoms with Crippen LogP contribution in [0.2, 0.25) is 0 Å². The Morgan fingerprint density at radius 3 is 3.00 bits per heavy atom. The minimum Gasteiger partial charge on any atom is -0.390 e. The van der Waals surface area contributed by atoms with Crippen LogP contribution >= 0.6 is 0 Å². The van der Waals surface area contributed by atoms with Crippen molar-refractivity contribution >= 4 is 0 Å². The van der Waals surface area contributed by atoms with Crippen molar-refractivity contribution in [2.24, 2.45) is 5.11 Å². The minimum atomic E-state index is -0.941. The largest absolute Gasteiger partial charge is 0.390 e. The molecule has 1 heterocycles. The Morgan fingerprint density at radius 1 is 1.58 bits per heavy atom. The molecule has 0 unspecified atom stereocenters. The standard InChI is InChI=1S/C6H11N3O3/c7-9-8-3-5-6(11)4(10)1-2-12-5/h4-6,10-11H,1-3H2/t4-,5-,6+/m1/s1. The van der Waals surface area contributed by atoms with Gasteiger partial charge in [-0.25, -0.2) is 0 Å². The molecule has 0 bridgehead atoms. The van der Waals surface area contributed by atoms with E-state index in [1.807, 2.05) is 0 Å². The van der Waals surface area contributed by atoms with Crippen molar-refractivity contribution < 1.29 is 14.9 Å². The van der Waals surface area contributed by atoms with Crippen LogP contribution < -0.4 is 0 Å². The molecule has 0 spiro atoms. The lowest BCUT2D eigenvalue weighted by molar-refractivity contribution is -0.130. The first kappa shape index (κ1) is 9.28. The van der Waals surface area contributed by atoms with Gasteiger partial charge in [0, 0.05) is 11.5 Å². The maximum absolute atomic E-state index is 9.31. The Bertz CT molecular complexity index is 192. The summed E-state index contributed by atoms with van der Waals surface area (Å²) < 4.78 is 5.09. The zero-order valence-electron chi connectivity index (χ0n) is 6.50. The van der Waals surface area contributed by atoms with E-state index in [0.29, 0.717) is 13.0 Å². The van der Waals surface area contributed by atoms with Crippen molar-refractivity contribution in [3.05, 3.63) is 10.4 Å². The van der Waals surface area contributed by atoms with Crippen LogP contribution in [0, 0.1) is 0 Å². The number of rotatable bonds is 2. The van der Waals surface area contributed by atoms with Crippen molar-refractivity contribution in [1.82, 2.24) is 0 Å². The molecule has 12 heavy (non-hydrogen) atoms. The number of aliphatic hydroxyl groups excluding tert-OH is 2. The van der Waals surface area contributed by atoms with Gasteiger partial charge in [-0.15, -0.1) is 0 Å². The molecule has 0 saturated carbocycles. The Labute approximate surface area is 69.4 Å². The normalized spacial score (nSPS) is 35.7. The zero-order chi connectivity index (χ0) is 8.97. The SMILES string of the molecule is [N-]=[N+]=NC[C@H]1OCC[C@@H](O)[C@@H]1O. The van der Waals surface area contributed by atoms with Crippen LogP contribution in [0.1, 0.15) is 6.42 Å². The van der Waals surface area contributed by atoms with Crippen LogP contribution in [0.25, 0.3) is 10.4 Å². The van der Waals surface area contributed by atoms with Crippen LogP contribution in [0.4, 0.5) is 0 Å². The second kappa shape index (κ2) is 4.27. The highest BCUT2D eigenvalue weighted by Gasteiger charge is 2.30. The maximum atomic E-state index is 9.31. The van der Waals surface area contributed by atoms with Crippen molar-refractivity contribution in [3.63, 3.8) is 0 Å². The Hall–Kier alpha value is -0.810. The second-order valence-corrected chi connectivity index (χ2v) is 2.67. The molecule has 1 aliphatic heterocycles. The van der Waals surface area contributed by atoms with Crippen LogP contribution in [-0.4, -0.2) is 41.7 Å². The Morgan fingerprint density at radius 2 is 2.33 bits per heavy atom. The summed E-state index contributed by atoms with van der Waals surface area (Å²) in [5, 5.41) is 21.8. The molecule has 1 fully saturated rings. The summed E-state index contributed by atoms with van der Waals surface area (Å²) in [6.07, 6.45) is -1.85. The topological polar surface area (TPSA) is 98.5 Å². The summed E-state index contributed by atoms with van der Waals surface area (Å²) in [6, 6.07) is 0. The van der Waals surface area contributed by atoms with E-state index in [1.54, 1.807) is 0 Å². The van der Waals surface area contributed by atoms with Crippen LogP contribution in [0.3, 0.4) is 0 Å². The van der Waals surface area contributed by atoms with Gasteiger partial charge in [-0.1, -0.05) is 5.11 Å². The molecule has 0 aromatic heterocycles. The molecular formula is C6H11N3O3. The van der Waals surface area contributed by atoms with E-state index in [-0.39, 0.29) is 6.54 Å². The molecule has 0 aromatic rings. The number of nitrogens with zero attached hydrogens (tertiary/aromatic N) is 3. The van der Waals surface area contributed by atoms with Crippen molar-refractivity contribution in [1.29, 1.82) is 0 Å². The number of ether oxygens (including phenoxy) is 1. The van der Waals surface area contributed by atoms with E-state index in [0.717, 1.165) is 0 Å². The third-order valence-electron chi connectivity index (χ3n) is 1.85. The third-order valence-corrected chi connectivity index (χ3v) is 1.85. The van der Waals surface area contributed by atoms with Gasteiger partial charge in [-0.3, -0.25) is 0 Å². The van der Waals surface area contributed by atoms with Gasteiger partial charge in [0.05, 0.1) is 18.8 Å². The molecule has 0 aliphatic carbocycles. The van der Waals surface area contributed by atoms with E-state index in [1.165, 1.54) is 0 Å². The average molecular weight is 173 g/mol. The first-order valence-electron chi connectivity index (χ1n) is 3.74. The zero-order valence-corrected chi connectivity index (χ0v) is 6.50. The fraction of sp³-hybridized carbons (Fsp3) is 1.00. The molecule has 1 aliphatic rings. The van der Waals surface area contributed by atoms with Gasteiger partial charge in [-0.2, -0.15) is 0 Å². The summed E-state index contributed by atoms with van der Waals surface area (Å²) >= 11 is 0.